The van der Waals surface area contributed by atoms with Crippen LogP contribution in [-0.4, -0.2) is 104 Å². The zero-order valence-electron chi connectivity index (χ0n) is 24.0. The number of anilines is 2. The number of imidazole rings is 2. The molecule has 0 saturated carbocycles. The molecule has 0 radical (unpaired) electrons. The van der Waals surface area contributed by atoms with Crippen LogP contribution in [0.3, 0.4) is 0 Å². The number of hydrogen-bond donors (Lipinski definition) is 7. The van der Waals surface area contributed by atoms with E-state index >= 15 is 0 Å². The molecule has 7 heterocycles. The van der Waals surface area contributed by atoms with Gasteiger partial charge in [0, 0.05) is 5.92 Å². The second kappa shape index (κ2) is 11.9. The molecule has 3 aliphatic heterocycles. The topological polar surface area (TPSA) is 335 Å². The van der Waals surface area contributed by atoms with Gasteiger partial charge in [0.25, 0.3) is 5.56 Å². The number of phosphoric acid groups is 2. The molecule has 4 aromatic heterocycles. The standard InChI is InChI=1S/C22H29N11O12P2/c23-2-1-8-9-3-40-47(38,39)45-15-10(43-20(13(15)34)32-6-28-11-16(24)26-5-27-17(11)32)4-41-46(36,37)44-14(8)21(42-9)33-7-29-12-18(33)30-22(25)31-19(12)35/h5-10,13-15,20-21,34H,1-4,23H2,(H,36,37)(H,38,39)(H2,24,26,27)(H3,25,30,31,35)/t8?,9-,10-,13?,14+,15+,20-,21-/m1/s1. The molecular weight excluding hydrogens is 672 g/mol. The maximum absolute atomic E-state index is 13.5. The summed E-state index contributed by atoms with van der Waals surface area (Å²) in [5, 5.41) is 11.2. The highest BCUT2D eigenvalue weighted by atomic mass is 31.2. The molecule has 254 valence electrons. The van der Waals surface area contributed by atoms with Gasteiger partial charge in [0.2, 0.25) is 5.95 Å². The Bertz CT molecular complexity index is 1970. The second-order valence-corrected chi connectivity index (χ2v) is 13.7. The third-order valence-corrected chi connectivity index (χ3v) is 9.97. The van der Waals surface area contributed by atoms with Gasteiger partial charge >= 0.3 is 15.6 Å². The first-order valence-corrected chi connectivity index (χ1v) is 17.0. The number of ether oxygens (including phenoxy) is 2. The van der Waals surface area contributed by atoms with Crippen LogP contribution in [0.2, 0.25) is 0 Å². The van der Waals surface area contributed by atoms with Crippen LogP contribution in [-0.2, 0) is 36.7 Å². The lowest BCUT2D eigenvalue weighted by Crippen LogP contribution is -2.36. The molecule has 4 aromatic rings. The maximum Gasteiger partial charge on any atom is 0.472 e. The average molecular weight is 701 g/mol. The third-order valence-electron chi connectivity index (χ3n) is 8.00. The van der Waals surface area contributed by atoms with Crippen LogP contribution in [0.1, 0.15) is 18.9 Å². The number of fused-ring (bicyclic) bond motifs is 5. The first-order valence-electron chi connectivity index (χ1n) is 14.0. The maximum atomic E-state index is 13.5. The van der Waals surface area contributed by atoms with Crippen molar-refractivity contribution in [2.45, 2.75) is 49.4 Å². The van der Waals surface area contributed by atoms with Gasteiger partial charge in [0.15, 0.2) is 35.1 Å². The molecule has 47 heavy (non-hydrogen) atoms. The number of aromatic nitrogens is 8. The van der Waals surface area contributed by atoms with Crippen molar-refractivity contribution in [1.82, 2.24) is 39.0 Å². The van der Waals surface area contributed by atoms with Gasteiger partial charge in [0.1, 0.15) is 36.3 Å². The Labute approximate surface area is 262 Å². The highest BCUT2D eigenvalue weighted by Gasteiger charge is 2.54. The van der Waals surface area contributed by atoms with E-state index in [4.69, 9.17) is 44.8 Å². The molecule has 2 bridgehead atoms. The molecule has 0 spiro atoms. The van der Waals surface area contributed by atoms with Crippen molar-refractivity contribution < 1.29 is 51.6 Å². The number of nitrogens with one attached hydrogen (secondary N) is 1. The highest BCUT2D eigenvalue weighted by Crippen LogP contribution is 2.55. The van der Waals surface area contributed by atoms with E-state index in [1.165, 1.54) is 21.8 Å². The van der Waals surface area contributed by atoms with Crippen molar-refractivity contribution in [3.05, 3.63) is 29.3 Å². The van der Waals surface area contributed by atoms with E-state index in [0.717, 1.165) is 6.33 Å². The number of nitrogens with zero attached hydrogens (tertiary/aromatic N) is 7. The lowest BCUT2D eigenvalue weighted by Gasteiger charge is -2.26. The summed E-state index contributed by atoms with van der Waals surface area (Å²) in [4.78, 5) is 56.7. The summed E-state index contributed by atoms with van der Waals surface area (Å²) in [5.74, 6) is -1.02. The molecule has 10 atom stereocenters. The number of nitrogens with two attached hydrogens (primary N) is 3. The van der Waals surface area contributed by atoms with E-state index in [-0.39, 0.29) is 47.1 Å². The number of phosphoric ester groups is 2. The molecule has 3 saturated heterocycles. The van der Waals surface area contributed by atoms with Crippen LogP contribution < -0.4 is 22.8 Å². The fourth-order valence-electron chi connectivity index (χ4n) is 5.94. The fraction of sp³-hybridized carbons (Fsp3) is 0.545. The normalized spacial score (nSPS) is 36.6. The lowest BCUT2D eigenvalue weighted by molar-refractivity contribution is -0.0671. The Morgan fingerprint density at radius 3 is 2.26 bits per heavy atom. The molecule has 23 nitrogen and oxygen atoms in total. The van der Waals surface area contributed by atoms with Crippen LogP contribution >= 0.6 is 15.6 Å². The smallest absolute Gasteiger partial charge is 0.386 e. The van der Waals surface area contributed by atoms with Crippen molar-refractivity contribution in [3.63, 3.8) is 0 Å². The average Bonchev–Trinajstić information content (AvgIpc) is 3.76. The predicted octanol–water partition coefficient (Wildman–Crippen LogP) is -1.74. The van der Waals surface area contributed by atoms with Crippen molar-refractivity contribution in [2.75, 3.05) is 31.2 Å². The van der Waals surface area contributed by atoms with Gasteiger partial charge in [0.05, 0.1) is 32.0 Å². The Balaban J connectivity index is 1.23. The van der Waals surface area contributed by atoms with Crippen LogP contribution in [0.25, 0.3) is 22.3 Å². The summed E-state index contributed by atoms with van der Waals surface area (Å²) in [7, 11) is -10.0. The summed E-state index contributed by atoms with van der Waals surface area (Å²) in [6.45, 7) is -1.34. The fourth-order valence-corrected chi connectivity index (χ4v) is 7.87. The summed E-state index contributed by atoms with van der Waals surface area (Å²) >= 11 is 0. The number of aliphatic hydroxyl groups is 1. The first-order chi connectivity index (χ1) is 22.4. The van der Waals surface area contributed by atoms with Crippen LogP contribution in [0, 0.1) is 5.92 Å². The van der Waals surface area contributed by atoms with Gasteiger partial charge in [-0.05, 0) is 13.0 Å². The number of hydrogen-bond acceptors (Lipinski definition) is 18. The second-order valence-electron chi connectivity index (χ2n) is 10.9. The van der Waals surface area contributed by atoms with E-state index in [2.05, 4.69) is 29.9 Å². The molecular formula is C22H29N11O12P2. The van der Waals surface area contributed by atoms with E-state index in [0.29, 0.717) is 0 Å². The lowest BCUT2D eigenvalue weighted by atomic mass is 9.94. The zero-order chi connectivity index (χ0) is 33.2. The number of nitrogen functional groups attached to an aromatic ring is 2. The molecule has 3 aliphatic rings. The SMILES string of the molecule is NCCC1[C@H]2COP(=O)(O)O[C@@H]3C(O)[C@H](n4cnc5c(N)ncnc54)O[C@@H]3COP(=O)(O)O[C@@H]1[C@H](n1cnc3c(=O)[nH]c(N)nc31)O2. The molecule has 7 rings (SSSR count). The number of aromatic amines is 1. The number of rotatable bonds is 4. The van der Waals surface area contributed by atoms with Gasteiger partial charge in [-0.2, -0.15) is 4.98 Å². The van der Waals surface area contributed by atoms with Gasteiger partial charge in [-0.1, -0.05) is 0 Å². The highest BCUT2D eigenvalue weighted by molar-refractivity contribution is 7.47. The summed E-state index contributed by atoms with van der Waals surface area (Å²) in [6, 6.07) is 0. The predicted molar refractivity (Wildman–Crippen MR) is 155 cm³/mol. The Kier molecular flexibility index (Phi) is 8.14. The van der Waals surface area contributed by atoms with Gasteiger partial charge in [-0.15, -0.1) is 0 Å². The number of H-pyrrole nitrogens is 1. The molecule has 0 aromatic carbocycles. The van der Waals surface area contributed by atoms with Crippen LogP contribution in [0.15, 0.2) is 23.8 Å². The summed E-state index contributed by atoms with van der Waals surface area (Å²) < 4.78 is 63.0. The molecule has 4 unspecified atom stereocenters. The van der Waals surface area contributed by atoms with Gasteiger partial charge in [-0.3, -0.25) is 37.0 Å². The van der Waals surface area contributed by atoms with E-state index < -0.39 is 83.3 Å². The Morgan fingerprint density at radius 2 is 1.53 bits per heavy atom. The minimum atomic E-state index is -5.02. The van der Waals surface area contributed by atoms with Crippen molar-refractivity contribution >= 4 is 49.7 Å². The molecule has 0 aliphatic carbocycles. The van der Waals surface area contributed by atoms with Crippen molar-refractivity contribution in [2.24, 2.45) is 11.7 Å². The summed E-state index contributed by atoms with van der Waals surface area (Å²) in [5.41, 5.74) is 17.0. The quantitative estimate of drug-likeness (QED) is 0.116. The zero-order valence-corrected chi connectivity index (χ0v) is 25.7. The number of aliphatic hydroxyl groups excluding tert-OH is 1. The Morgan fingerprint density at radius 1 is 0.894 bits per heavy atom. The van der Waals surface area contributed by atoms with Gasteiger partial charge < -0.3 is 41.6 Å². The minimum Gasteiger partial charge on any atom is -0.386 e. The largest absolute Gasteiger partial charge is 0.472 e. The molecule has 0 amide bonds. The van der Waals surface area contributed by atoms with Crippen molar-refractivity contribution in [3.8, 4) is 0 Å². The Hall–Kier alpha value is -3.44. The molecule has 10 N–H and O–H groups in total. The third kappa shape index (κ3) is 5.83. The van der Waals surface area contributed by atoms with Crippen LogP contribution in [0.4, 0.5) is 11.8 Å². The minimum absolute atomic E-state index is 0.0369. The van der Waals surface area contributed by atoms with Gasteiger partial charge in [-0.25, -0.2) is 29.1 Å². The summed E-state index contributed by atoms with van der Waals surface area (Å²) in [6.07, 6.45) is -6.07. The van der Waals surface area contributed by atoms with Crippen molar-refractivity contribution in [1.29, 1.82) is 0 Å². The monoisotopic (exact) mass is 701 g/mol. The van der Waals surface area contributed by atoms with Crippen LogP contribution in [0.5, 0.6) is 0 Å². The van der Waals surface area contributed by atoms with E-state index in [9.17, 15) is 28.8 Å². The van der Waals surface area contributed by atoms with E-state index in [1.807, 2.05) is 0 Å². The molecule has 3 fully saturated rings. The van der Waals surface area contributed by atoms with E-state index in [1.54, 1.807) is 0 Å². The first kappa shape index (κ1) is 32.1. The molecule has 25 heteroatoms.